The van der Waals surface area contributed by atoms with Crippen LogP contribution in [0.3, 0.4) is 0 Å². The molecule has 1 aromatic carbocycles. The molecule has 0 radical (unpaired) electrons. The van der Waals surface area contributed by atoms with E-state index in [0.29, 0.717) is 24.5 Å². The third-order valence-electron chi connectivity index (χ3n) is 8.89. The fourth-order valence-corrected chi connectivity index (χ4v) is 6.74. The Hall–Kier alpha value is -3.15. The van der Waals surface area contributed by atoms with Crippen LogP contribution >= 0.6 is 0 Å². The maximum atomic E-state index is 13.2. The van der Waals surface area contributed by atoms with Crippen molar-refractivity contribution in [3.63, 3.8) is 0 Å². The van der Waals surface area contributed by atoms with Crippen LogP contribution < -0.4 is 14.8 Å². The molecule has 5 rings (SSSR count). The number of nitrogens with one attached hydrogen (secondary N) is 1. The Morgan fingerprint density at radius 1 is 1.30 bits per heavy atom. The molecular formula is C29H38N2O9. The van der Waals surface area contributed by atoms with Gasteiger partial charge in [-0.05, 0) is 58.5 Å². The largest absolute Gasteiger partial charge is 0.493 e. The molecule has 40 heavy (non-hydrogen) atoms. The van der Waals surface area contributed by atoms with Crippen molar-refractivity contribution in [2.75, 3.05) is 20.7 Å². The van der Waals surface area contributed by atoms with Gasteiger partial charge in [-0.3, -0.25) is 4.79 Å². The molecular weight excluding hydrogens is 520 g/mol. The summed E-state index contributed by atoms with van der Waals surface area (Å²) < 4.78 is 28.6. The zero-order valence-corrected chi connectivity index (χ0v) is 24.0. The van der Waals surface area contributed by atoms with E-state index in [9.17, 15) is 19.5 Å². The Labute approximate surface area is 233 Å². The minimum absolute atomic E-state index is 0.204. The highest BCUT2D eigenvalue weighted by atomic mass is 16.8. The predicted octanol–water partition coefficient (Wildman–Crippen LogP) is 1.86. The lowest BCUT2D eigenvalue weighted by Gasteiger charge is -2.58. The number of benzene rings is 1. The molecule has 2 N–H and O–H groups in total. The zero-order valence-electron chi connectivity index (χ0n) is 24.0. The summed E-state index contributed by atoms with van der Waals surface area (Å²) in [6.07, 6.45) is 0.419. The fraction of sp³-hybridized carbons (Fsp3) is 0.621. The molecule has 1 aromatic rings. The molecule has 1 spiro atoms. The Bertz CT molecular complexity index is 1280. The van der Waals surface area contributed by atoms with E-state index < -0.39 is 52.9 Å². The highest BCUT2D eigenvalue weighted by Gasteiger charge is 2.69. The monoisotopic (exact) mass is 558 g/mol. The van der Waals surface area contributed by atoms with E-state index in [2.05, 4.69) is 10.2 Å². The van der Waals surface area contributed by atoms with Gasteiger partial charge >= 0.3 is 11.9 Å². The first-order valence-electron chi connectivity index (χ1n) is 13.6. The van der Waals surface area contributed by atoms with Gasteiger partial charge in [-0.1, -0.05) is 6.07 Å². The number of carbonyl (C=O) groups is 3. The Kier molecular flexibility index (Phi) is 6.91. The van der Waals surface area contributed by atoms with Gasteiger partial charge in [0.2, 0.25) is 11.7 Å². The van der Waals surface area contributed by atoms with Crippen molar-refractivity contribution in [2.24, 2.45) is 0 Å². The van der Waals surface area contributed by atoms with Crippen LogP contribution in [-0.2, 0) is 34.0 Å². The number of amides is 1. The van der Waals surface area contributed by atoms with Gasteiger partial charge in [-0.15, -0.1) is 0 Å². The number of likely N-dealkylation sites (N-methyl/N-ethyl adjacent to an activating group) is 1. The zero-order chi connectivity index (χ0) is 29.2. The number of aryl methyl sites for hydroxylation is 1. The number of piperidine rings is 1. The van der Waals surface area contributed by atoms with Crippen molar-refractivity contribution in [1.82, 2.24) is 10.2 Å². The maximum absolute atomic E-state index is 13.2. The number of ether oxygens (including phenoxy) is 5. The lowest BCUT2D eigenvalue weighted by atomic mass is 9.54. The van der Waals surface area contributed by atoms with Crippen LogP contribution in [0, 0.1) is 6.92 Å². The van der Waals surface area contributed by atoms with Crippen LogP contribution in [0.15, 0.2) is 24.0 Å². The van der Waals surface area contributed by atoms with E-state index in [-0.39, 0.29) is 24.6 Å². The molecule has 6 atom stereocenters. The Morgan fingerprint density at radius 2 is 2.02 bits per heavy atom. The number of aliphatic hydroxyl groups is 1. The lowest BCUT2D eigenvalue weighted by molar-refractivity contribution is -0.163. The van der Waals surface area contributed by atoms with Crippen LogP contribution in [0.1, 0.15) is 58.1 Å². The first kappa shape index (κ1) is 28.4. The molecule has 0 bridgehead atoms. The number of nitrogens with zero attached hydrogens (tertiary/aromatic N) is 1. The second-order valence-corrected chi connectivity index (χ2v) is 11.7. The molecule has 11 heteroatoms. The first-order chi connectivity index (χ1) is 18.7. The standard InChI is InChI=1S/C29H38N2O9/c1-15-8-9-18(36-7)23-22(15)28-12-13-31(6)17(3)29(28,35)11-10-19(24(28)38-23)37-25(33)16(2)30-21(32)14-20-26(34)40-27(4,5)39-20/h8-10,16-17,20,24,35H,11-14H2,1-7H3,(H,30,32)/t16-,17+,20-,24-,28-,29+/m0/s1. The van der Waals surface area contributed by atoms with Crippen LogP contribution in [-0.4, -0.2) is 84.2 Å². The number of hydrogen-bond acceptors (Lipinski definition) is 10. The van der Waals surface area contributed by atoms with Crippen LogP contribution in [0.4, 0.5) is 0 Å². The average Bonchev–Trinajstić information content (AvgIpc) is 3.37. The molecule has 4 aliphatic rings. The third kappa shape index (κ3) is 4.26. The summed E-state index contributed by atoms with van der Waals surface area (Å²) in [6, 6.07) is 2.56. The summed E-state index contributed by atoms with van der Waals surface area (Å²) >= 11 is 0. The SMILES string of the molecule is COc1ccc(C)c2c1O[C@H]1C(OC(=O)[C@H](C)NC(=O)C[C@@H]3OC(C)(C)OC3=O)=CC[C@@]3(O)[C@@H](C)N(C)CC[C@]213. The van der Waals surface area contributed by atoms with Crippen molar-refractivity contribution < 1.29 is 43.2 Å². The second kappa shape index (κ2) is 9.74. The molecule has 2 fully saturated rings. The Morgan fingerprint density at radius 3 is 2.67 bits per heavy atom. The molecule has 0 unspecified atom stereocenters. The number of likely N-dealkylation sites (tertiary alicyclic amines) is 1. The van der Waals surface area contributed by atoms with Gasteiger partial charge in [0.05, 0.1) is 24.5 Å². The summed E-state index contributed by atoms with van der Waals surface area (Å²) in [5, 5.41) is 14.9. The average molecular weight is 559 g/mol. The number of methoxy groups -OCH3 is 1. The fourth-order valence-electron chi connectivity index (χ4n) is 6.74. The van der Waals surface area contributed by atoms with Crippen molar-refractivity contribution in [3.05, 3.63) is 35.1 Å². The molecule has 11 nitrogen and oxygen atoms in total. The van der Waals surface area contributed by atoms with Gasteiger partial charge in [-0.2, -0.15) is 0 Å². The van der Waals surface area contributed by atoms with E-state index in [0.717, 1.165) is 11.1 Å². The lowest BCUT2D eigenvalue weighted by Crippen LogP contribution is -2.71. The third-order valence-corrected chi connectivity index (χ3v) is 8.89. The first-order valence-corrected chi connectivity index (χ1v) is 13.6. The van der Waals surface area contributed by atoms with E-state index >= 15 is 0 Å². The molecule has 3 aliphatic heterocycles. The number of cyclic esters (lactones) is 1. The van der Waals surface area contributed by atoms with E-state index in [4.69, 9.17) is 23.7 Å². The van der Waals surface area contributed by atoms with Gasteiger partial charge in [0, 0.05) is 31.9 Å². The number of fused-ring (bicyclic) bond motifs is 1. The summed E-state index contributed by atoms with van der Waals surface area (Å²) in [6.45, 7) is 9.35. The number of rotatable bonds is 6. The predicted molar refractivity (Wildman–Crippen MR) is 142 cm³/mol. The van der Waals surface area contributed by atoms with Crippen molar-refractivity contribution in [2.45, 2.75) is 95.0 Å². The summed E-state index contributed by atoms with van der Waals surface area (Å²) in [4.78, 5) is 39.9. The van der Waals surface area contributed by atoms with Gasteiger partial charge < -0.3 is 39.0 Å². The van der Waals surface area contributed by atoms with Gasteiger partial charge in [-0.25, -0.2) is 9.59 Å². The molecule has 2 saturated heterocycles. The molecule has 0 aromatic heterocycles. The van der Waals surface area contributed by atoms with Gasteiger partial charge in [0.1, 0.15) is 11.8 Å². The minimum Gasteiger partial charge on any atom is -0.493 e. The van der Waals surface area contributed by atoms with Crippen LogP contribution in [0.2, 0.25) is 0 Å². The van der Waals surface area contributed by atoms with Gasteiger partial charge in [0.15, 0.2) is 23.7 Å². The number of esters is 2. The molecule has 0 saturated carbocycles. The second-order valence-electron chi connectivity index (χ2n) is 11.7. The summed E-state index contributed by atoms with van der Waals surface area (Å²) in [5.41, 5.74) is -0.255. The maximum Gasteiger partial charge on any atom is 0.338 e. The summed E-state index contributed by atoms with van der Waals surface area (Å²) in [5.74, 6) is -1.62. The number of carbonyl (C=O) groups excluding carboxylic acids is 3. The van der Waals surface area contributed by atoms with Crippen LogP contribution in [0.5, 0.6) is 11.5 Å². The molecule has 1 aliphatic carbocycles. The molecule has 1 amide bonds. The minimum atomic E-state index is -1.20. The van der Waals surface area contributed by atoms with E-state index in [1.807, 2.05) is 33.0 Å². The van der Waals surface area contributed by atoms with Crippen molar-refractivity contribution in [3.8, 4) is 11.5 Å². The van der Waals surface area contributed by atoms with E-state index in [1.165, 1.54) is 6.92 Å². The van der Waals surface area contributed by atoms with Crippen LogP contribution in [0.25, 0.3) is 0 Å². The molecule has 218 valence electrons. The van der Waals surface area contributed by atoms with Crippen molar-refractivity contribution >= 4 is 17.8 Å². The van der Waals surface area contributed by atoms with Crippen molar-refractivity contribution in [1.29, 1.82) is 0 Å². The normalized spacial score (nSPS) is 33.0. The summed E-state index contributed by atoms with van der Waals surface area (Å²) in [7, 11) is 3.55. The van der Waals surface area contributed by atoms with Gasteiger partial charge in [0.25, 0.3) is 0 Å². The quantitative estimate of drug-likeness (QED) is 0.499. The highest BCUT2D eigenvalue weighted by molar-refractivity contribution is 5.88. The Balaban J connectivity index is 1.39. The topological polar surface area (TPSA) is 133 Å². The van der Waals surface area contributed by atoms with E-state index in [1.54, 1.807) is 27.0 Å². The number of hydrogen-bond donors (Lipinski definition) is 2. The highest BCUT2D eigenvalue weighted by Crippen LogP contribution is 2.62. The smallest absolute Gasteiger partial charge is 0.338 e. The molecule has 3 heterocycles.